The van der Waals surface area contributed by atoms with Gasteiger partial charge >= 0.3 is 0 Å². The fraction of sp³-hybridized carbons (Fsp3) is 0.130. The molecular weight excluding hydrogens is 426 g/mol. The monoisotopic (exact) mass is 447 g/mol. The van der Waals surface area contributed by atoms with Crippen molar-refractivity contribution in [3.8, 4) is 17.2 Å². The number of carbonyl (C=O) groups excluding carboxylic acids is 1. The van der Waals surface area contributed by atoms with Crippen molar-refractivity contribution in [1.82, 2.24) is 25.5 Å². The second-order valence-corrected chi connectivity index (χ2v) is 7.81. The number of thioether (sulfide) groups is 1. The maximum atomic E-state index is 12.8. The third kappa shape index (κ3) is 5.06. The average molecular weight is 448 g/mol. The predicted octanol–water partition coefficient (Wildman–Crippen LogP) is 3.37. The standard InChI is InChI=1S/C23H21N5O3S/c1-31-20-13-7-17(8-14-20)22(16-5-3-2-4-6-16)24-21(30)15-32-23-25-26-27-28(23)18-9-11-19(29)12-10-18/h2-14,22,29H,15H2,1H3,(H,24,30)/t22-/m0/s1. The summed E-state index contributed by atoms with van der Waals surface area (Å²) in [5.74, 6) is 0.891. The fourth-order valence-corrected chi connectivity index (χ4v) is 3.86. The van der Waals surface area contributed by atoms with Crippen LogP contribution in [0.4, 0.5) is 0 Å². The number of aromatic nitrogens is 4. The summed E-state index contributed by atoms with van der Waals surface area (Å²) < 4.78 is 6.77. The summed E-state index contributed by atoms with van der Waals surface area (Å²) in [7, 11) is 1.62. The van der Waals surface area contributed by atoms with Crippen LogP contribution in [0.1, 0.15) is 17.2 Å². The first-order valence-electron chi connectivity index (χ1n) is 9.83. The van der Waals surface area contributed by atoms with Gasteiger partial charge in [0.15, 0.2) is 0 Å². The third-order valence-corrected chi connectivity index (χ3v) is 5.67. The predicted molar refractivity (Wildman–Crippen MR) is 121 cm³/mol. The van der Waals surface area contributed by atoms with E-state index in [1.54, 1.807) is 31.4 Å². The topological polar surface area (TPSA) is 102 Å². The number of methoxy groups -OCH3 is 1. The van der Waals surface area contributed by atoms with E-state index in [1.165, 1.54) is 16.4 Å². The lowest BCUT2D eigenvalue weighted by molar-refractivity contribution is -0.119. The van der Waals surface area contributed by atoms with Gasteiger partial charge in [-0.2, -0.15) is 4.68 Å². The molecule has 4 rings (SSSR count). The van der Waals surface area contributed by atoms with E-state index >= 15 is 0 Å². The molecule has 0 spiro atoms. The largest absolute Gasteiger partial charge is 0.508 e. The van der Waals surface area contributed by atoms with Crippen molar-refractivity contribution in [1.29, 1.82) is 0 Å². The van der Waals surface area contributed by atoms with Gasteiger partial charge in [-0.3, -0.25) is 4.79 Å². The van der Waals surface area contributed by atoms with Crippen molar-refractivity contribution >= 4 is 17.7 Å². The molecule has 8 nitrogen and oxygen atoms in total. The summed E-state index contributed by atoms with van der Waals surface area (Å²) in [6.45, 7) is 0. The average Bonchev–Trinajstić information content (AvgIpc) is 3.31. The van der Waals surface area contributed by atoms with Gasteiger partial charge in [-0.25, -0.2) is 0 Å². The molecule has 9 heteroatoms. The van der Waals surface area contributed by atoms with Crippen molar-refractivity contribution in [2.24, 2.45) is 0 Å². The van der Waals surface area contributed by atoms with Gasteiger partial charge in [0.1, 0.15) is 11.5 Å². The first kappa shape index (κ1) is 21.4. The number of hydrogen-bond acceptors (Lipinski definition) is 7. The van der Waals surface area contributed by atoms with Crippen LogP contribution in [0.25, 0.3) is 5.69 Å². The van der Waals surface area contributed by atoms with Gasteiger partial charge in [0.25, 0.3) is 0 Å². The maximum Gasteiger partial charge on any atom is 0.231 e. The minimum Gasteiger partial charge on any atom is -0.508 e. The molecular formula is C23H21N5O3S. The smallest absolute Gasteiger partial charge is 0.231 e. The number of ether oxygens (including phenoxy) is 1. The Morgan fingerprint density at radius 2 is 1.72 bits per heavy atom. The van der Waals surface area contributed by atoms with Crippen LogP contribution in [0.15, 0.2) is 84.0 Å². The molecule has 0 saturated heterocycles. The Morgan fingerprint density at radius 1 is 1.03 bits per heavy atom. The number of phenolic OH excluding ortho intramolecular Hbond substituents is 1. The number of aromatic hydroxyl groups is 1. The Balaban J connectivity index is 1.47. The molecule has 3 aromatic carbocycles. The summed E-state index contributed by atoms with van der Waals surface area (Å²) in [5.41, 5.74) is 2.62. The zero-order valence-corrected chi connectivity index (χ0v) is 18.1. The highest BCUT2D eigenvalue weighted by Crippen LogP contribution is 2.25. The lowest BCUT2D eigenvalue weighted by atomic mass is 9.98. The van der Waals surface area contributed by atoms with E-state index in [9.17, 15) is 9.90 Å². The van der Waals surface area contributed by atoms with Crippen molar-refractivity contribution in [3.05, 3.63) is 90.0 Å². The van der Waals surface area contributed by atoms with Crippen LogP contribution in [0.5, 0.6) is 11.5 Å². The molecule has 0 aliphatic heterocycles. The number of carbonyl (C=O) groups is 1. The Bertz CT molecular complexity index is 1160. The highest BCUT2D eigenvalue weighted by Gasteiger charge is 2.18. The lowest BCUT2D eigenvalue weighted by Crippen LogP contribution is -2.30. The maximum absolute atomic E-state index is 12.8. The molecule has 0 aliphatic rings. The number of tetrazole rings is 1. The normalized spacial score (nSPS) is 11.7. The van der Waals surface area contributed by atoms with Crippen molar-refractivity contribution in [2.75, 3.05) is 12.9 Å². The van der Waals surface area contributed by atoms with Gasteiger partial charge in [-0.15, -0.1) is 5.10 Å². The highest BCUT2D eigenvalue weighted by molar-refractivity contribution is 7.99. The van der Waals surface area contributed by atoms with Crippen LogP contribution in [0.2, 0.25) is 0 Å². The molecule has 0 unspecified atom stereocenters. The zero-order valence-electron chi connectivity index (χ0n) is 17.3. The quantitative estimate of drug-likeness (QED) is 0.399. The van der Waals surface area contributed by atoms with Gasteiger partial charge in [-0.1, -0.05) is 54.2 Å². The van der Waals surface area contributed by atoms with E-state index in [-0.39, 0.29) is 23.5 Å². The Morgan fingerprint density at radius 3 is 2.41 bits per heavy atom. The highest BCUT2D eigenvalue weighted by atomic mass is 32.2. The van der Waals surface area contributed by atoms with E-state index in [4.69, 9.17) is 4.74 Å². The van der Waals surface area contributed by atoms with Crippen molar-refractivity contribution < 1.29 is 14.6 Å². The number of amides is 1. The summed E-state index contributed by atoms with van der Waals surface area (Å²) >= 11 is 1.23. The van der Waals surface area contributed by atoms with E-state index in [0.29, 0.717) is 10.8 Å². The third-order valence-electron chi connectivity index (χ3n) is 4.75. The molecule has 1 atom stereocenters. The number of rotatable bonds is 8. The molecule has 1 aromatic heterocycles. The molecule has 32 heavy (non-hydrogen) atoms. The van der Waals surface area contributed by atoms with Crippen LogP contribution in [-0.2, 0) is 4.79 Å². The Labute approximate surface area is 189 Å². The molecule has 4 aromatic rings. The molecule has 2 N–H and O–H groups in total. The molecule has 0 aliphatic carbocycles. The van der Waals surface area contributed by atoms with Gasteiger partial charge in [0.05, 0.1) is 24.6 Å². The number of nitrogens with one attached hydrogen (secondary N) is 1. The van der Waals surface area contributed by atoms with E-state index in [1.807, 2.05) is 54.6 Å². The van der Waals surface area contributed by atoms with Crippen molar-refractivity contribution in [3.63, 3.8) is 0 Å². The van der Waals surface area contributed by atoms with Crippen LogP contribution in [0.3, 0.4) is 0 Å². The summed E-state index contributed by atoms with van der Waals surface area (Å²) in [6, 6.07) is 23.6. The first-order valence-corrected chi connectivity index (χ1v) is 10.8. The lowest BCUT2D eigenvalue weighted by Gasteiger charge is -2.20. The van der Waals surface area contributed by atoms with Gasteiger partial charge < -0.3 is 15.2 Å². The number of benzene rings is 3. The second kappa shape index (κ2) is 9.97. The first-order chi connectivity index (χ1) is 15.6. The number of phenols is 1. The summed E-state index contributed by atoms with van der Waals surface area (Å²) in [6.07, 6.45) is 0. The molecule has 1 heterocycles. The molecule has 0 radical (unpaired) electrons. The zero-order chi connectivity index (χ0) is 22.3. The summed E-state index contributed by atoms with van der Waals surface area (Å²) in [4.78, 5) is 12.8. The van der Waals surface area contributed by atoms with Crippen LogP contribution in [0, 0.1) is 0 Å². The van der Waals surface area contributed by atoms with E-state index in [2.05, 4.69) is 20.8 Å². The SMILES string of the molecule is COc1ccc([C@@H](NC(=O)CSc2nnnn2-c2ccc(O)cc2)c2ccccc2)cc1. The van der Waals surface area contributed by atoms with Gasteiger partial charge in [0, 0.05) is 0 Å². The van der Waals surface area contributed by atoms with Gasteiger partial charge in [0.2, 0.25) is 11.1 Å². The number of nitrogens with zero attached hydrogens (tertiary/aromatic N) is 4. The van der Waals surface area contributed by atoms with Crippen molar-refractivity contribution in [2.45, 2.75) is 11.2 Å². The van der Waals surface area contributed by atoms with Crippen LogP contribution < -0.4 is 10.1 Å². The Hall–Kier alpha value is -3.85. The van der Waals surface area contributed by atoms with Gasteiger partial charge in [-0.05, 0) is 58.0 Å². The van der Waals surface area contributed by atoms with E-state index < -0.39 is 0 Å². The molecule has 0 bridgehead atoms. The van der Waals surface area contributed by atoms with Crippen LogP contribution in [-0.4, -0.2) is 44.1 Å². The number of hydrogen-bond donors (Lipinski definition) is 2. The fourth-order valence-electron chi connectivity index (χ4n) is 3.16. The second-order valence-electron chi connectivity index (χ2n) is 6.86. The molecule has 162 valence electrons. The molecule has 0 fully saturated rings. The molecule has 1 amide bonds. The minimum absolute atomic E-state index is 0.137. The Kier molecular flexibility index (Phi) is 6.66. The molecule has 0 saturated carbocycles. The summed E-state index contributed by atoms with van der Waals surface area (Å²) in [5, 5.41) is 24.8. The minimum atomic E-state index is -0.303. The van der Waals surface area contributed by atoms with E-state index in [0.717, 1.165) is 16.9 Å². The van der Waals surface area contributed by atoms with Crippen LogP contribution >= 0.6 is 11.8 Å².